The van der Waals surface area contributed by atoms with E-state index < -0.39 is 0 Å². The number of hydrogen-bond acceptors (Lipinski definition) is 3. The third kappa shape index (κ3) is 2.43. The summed E-state index contributed by atoms with van der Waals surface area (Å²) in [6, 6.07) is 0.372. The molecule has 1 amide bonds. The highest BCUT2D eigenvalue weighted by atomic mass is 16.5. The number of alkyl carbamates (subject to hydrolysis) is 1. The number of amides is 1. The molecule has 1 saturated heterocycles. The standard InChI is InChI=1S/C16H26N2O2/c19-15(20-10-14-2-1-3-17-14)18-16-7-11-4-12(8-16)6-13(5-11)9-16/h11-14,17H,1-10H2,(H,18,19). The van der Waals surface area contributed by atoms with Gasteiger partial charge in [-0.25, -0.2) is 4.79 Å². The van der Waals surface area contributed by atoms with Crippen molar-refractivity contribution in [3.63, 3.8) is 0 Å². The van der Waals surface area contributed by atoms with Crippen molar-refractivity contribution in [1.29, 1.82) is 0 Å². The van der Waals surface area contributed by atoms with E-state index in [1.807, 2.05) is 0 Å². The van der Waals surface area contributed by atoms with Crippen LogP contribution in [-0.4, -0.2) is 30.8 Å². The fourth-order valence-electron chi connectivity index (χ4n) is 5.59. The molecule has 4 nitrogen and oxygen atoms in total. The second-order valence-electron chi connectivity index (χ2n) is 7.71. The highest BCUT2D eigenvalue weighted by Gasteiger charge is 2.51. The lowest BCUT2D eigenvalue weighted by molar-refractivity contribution is -0.0194. The minimum atomic E-state index is -0.180. The third-order valence-electron chi connectivity index (χ3n) is 5.98. The molecule has 0 aromatic rings. The number of rotatable bonds is 3. The van der Waals surface area contributed by atoms with Crippen LogP contribution in [0, 0.1) is 17.8 Å². The quantitative estimate of drug-likeness (QED) is 0.833. The molecule has 20 heavy (non-hydrogen) atoms. The topological polar surface area (TPSA) is 50.4 Å². The summed E-state index contributed by atoms with van der Waals surface area (Å²) in [6.45, 7) is 1.59. The zero-order chi connectivity index (χ0) is 13.6. The summed E-state index contributed by atoms with van der Waals surface area (Å²) in [5.41, 5.74) is 0.0783. The first kappa shape index (κ1) is 12.9. The summed E-state index contributed by atoms with van der Waals surface area (Å²) in [5, 5.41) is 6.63. The third-order valence-corrected chi connectivity index (χ3v) is 5.98. The van der Waals surface area contributed by atoms with Crippen molar-refractivity contribution in [2.75, 3.05) is 13.2 Å². The molecule has 1 unspecified atom stereocenters. The Morgan fingerprint density at radius 3 is 2.35 bits per heavy atom. The van der Waals surface area contributed by atoms with E-state index in [2.05, 4.69) is 10.6 Å². The first-order valence-electron chi connectivity index (χ1n) is 8.39. The van der Waals surface area contributed by atoms with E-state index >= 15 is 0 Å². The highest BCUT2D eigenvalue weighted by molar-refractivity contribution is 5.68. The molecule has 1 atom stereocenters. The van der Waals surface area contributed by atoms with Gasteiger partial charge in [0, 0.05) is 11.6 Å². The Bertz CT molecular complexity index is 355. The van der Waals surface area contributed by atoms with Crippen LogP contribution in [0.15, 0.2) is 0 Å². The van der Waals surface area contributed by atoms with E-state index in [0.717, 1.165) is 30.7 Å². The number of nitrogens with one attached hydrogen (secondary N) is 2. The van der Waals surface area contributed by atoms with Gasteiger partial charge in [-0.3, -0.25) is 0 Å². The van der Waals surface area contributed by atoms with Crippen molar-refractivity contribution in [3.05, 3.63) is 0 Å². The Morgan fingerprint density at radius 2 is 1.80 bits per heavy atom. The smallest absolute Gasteiger partial charge is 0.407 e. The van der Waals surface area contributed by atoms with E-state index in [0.29, 0.717) is 12.6 Å². The molecule has 5 rings (SSSR count). The zero-order valence-corrected chi connectivity index (χ0v) is 12.2. The summed E-state index contributed by atoms with van der Waals surface area (Å²) in [6.07, 6.45) is 9.93. The fourth-order valence-corrected chi connectivity index (χ4v) is 5.59. The monoisotopic (exact) mass is 278 g/mol. The van der Waals surface area contributed by atoms with E-state index in [9.17, 15) is 4.79 Å². The Balaban J connectivity index is 1.32. The van der Waals surface area contributed by atoms with Crippen LogP contribution >= 0.6 is 0 Å². The predicted molar refractivity (Wildman–Crippen MR) is 76.4 cm³/mol. The van der Waals surface area contributed by atoms with E-state index in [4.69, 9.17) is 4.74 Å². The molecule has 0 aromatic heterocycles. The molecule has 112 valence electrons. The first-order chi connectivity index (χ1) is 9.71. The molecule has 2 N–H and O–H groups in total. The Labute approximate surface area is 121 Å². The molecule has 4 aliphatic carbocycles. The normalized spacial score (nSPS) is 45.6. The van der Waals surface area contributed by atoms with E-state index in [-0.39, 0.29) is 11.6 Å². The van der Waals surface area contributed by atoms with Gasteiger partial charge in [0.1, 0.15) is 6.61 Å². The van der Waals surface area contributed by atoms with Crippen LogP contribution in [0.1, 0.15) is 51.4 Å². The lowest BCUT2D eigenvalue weighted by atomic mass is 9.53. The summed E-state index contributed by atoms with van der Waals surface area (Å²) in [4.78, 5) is 12.1. The van der Waals surface area contributed by atoms with Crippen molar-refractivity contribution < 1.29 is 9.53 Å². The first-order valence-corrected chi connectivity index (χ1v) is 8.39. The molecule has 0 radical (unpaired) electrons. The molecule has 4 heteroatoms. The minimum absolute atomic E-state index is 0.0783. The molecule has 5 fully saturated rings. The zero-order valence-electron chi connectivity index (χ0n) is 12.2. The van der Waals surface area contributed by atoms with Gasteiger partial charge in [0.15, 0.2) is 0 Å². The van der Waals surface area contributed by atoms with Crippen LogP contribution in [-0.2, 0) is 4.74 Å². The van der Waals surface area contributed by atoms with Crippen molar-refractivity contribution in [1.82, 2.24) is 10.6 Å². The van der Waals surface area contributed by atoms with Gasteiger partial charge < -0.3 is 15.4 Å². The summed E-state index contributed by atoms with van der Waals surface area (Å²) in [7, 11) is 0. The van der Waals surface area contributed by atoms with Gasteiger partial charge in [0.2, 0.25) is 0 Å². The summed E-state index contributed by atoms with van der Waals surface area (Å²) in [5.74, 6) is 2.58. The maximum atomic E-state index is 12.1. The van der Waals surface area contributed by atoms with Gasteiger partial charge in [-0.1, -0.05) is 0 Å². The van der Waals surface area contributed by atoms with Crippen LogP contribution in [0.5, 0.6) is 0 Å². The van der Waals surface area contributed by atoms with Crippen LogP contribution in [0.4, 0.5) is 4.79 Å². The van der Waals surface area contributed by atoms with Crippen LogP contribution < -0.4 is 10.6 Å². The lowest BCUT2D eigenvalue weighted by Gasteiger charge is -2.56. The maximum Gasteiger partial charge on any atom is 0.407 e. The van der Waals surface area contributed by atoms with E-state index in [1.165, 1.54) is 44.9 Å². The molecule has 1 aliphatic heterocycles. The largest absolute Gasteiger partial charge is 0.448 e. The number of carbonyl (C=O) groups excluding carboxylic acids is 1. The minimum Gasteiger partial charge on any atom is -0.448 e. The molecular formula is C16H26N2O2. The van der Waals surface area contributed by atoms with Crippen LogP contribution in [0.25, 0.3) is 0 Å². The maximum absolute atomic E-state index is 12.1. The van der Waals surface area contributed by atoms with Gasteiger partial charge in [-0.15, -0.1) is 0 Å². The molecule has 0 aromatic carbocycles. The number of hydrogen-bond donors (Lipinski definition) is 2. The average molecular weight is 278 g/mol. The number of ether oxygens (including phenoxy) is 1. The lowest BCUT2D eigenvalue weighted by Crippen LogP contribution is -2.60. The van der Waals surface area contributed by atoms with Crippen molar-refractivity contribution >= 4 is 6.09 Å². The van der Waals surface area contributed by atoms with E-state index in [1.54, 1.807) is 0 Å². The van der Waals surface area contributed by atoms with Gasteiger partial charge in [0.05, 0.1) is 0 Å². The Hall–Kier alpha value is -0.770. The molecular weight excluding hydrogens is 252 g/mol. The fraction of sp³-hybridized carbons (Fsp3) is 0.938. The van der Waals surface area contributed by atoms with Crippen molar-refractivity contribution in [3.8, 4) is 0 Å². The average Bonchev–Trinajstić information content (AvgIpc) is 2.87. The second-order valence-corrected chi connectivity index (χ2v) is 7.71. The van der Waals surface area contributed by atoms with Gasteiger partial charge in [-0.2, -0.15) is 0 Å². The Morgan fingerprint density at radius 1 is 1.15 bits per heavy atom. The second kappa shape index (κ2) is 4.90. The van der Waals surface area contributed by atoms with Gasteiger partial charge in [-0.05, 0) is 75.7 Å². The molecule has 4 bridgehead atoms. The van der Waals surface area contributed by atoms with Crippen LogP contribution in [0.2, 0.25) is 0 Å². The number of carbonyl (C=O) groups is 1. The van der Waals surface area contributed by atoms with Gasteiger partial charge >= 0.3 is 6.09 Å². The van der Waals surface area contributed by atoms with Crippen molar-refractivity contribution in [2.24, 2.45) is 17.8 Å². The molecule has 5 aliphatic rings. The predicted octanol–water partition coefficient (Wildman–Crippen LogP) is 2.43. The summed E-state index contributed by atoms with van der Waals surface area (Å²) < 4.78 is 5.45. The molecule has 4 saturated carbocycles. The summed E-state index contributed by atoms with van der Waals surface area (Å²) >= 11 is 0. The molecule has 1 heterocycles. The molecule has 0 spiro atoms. The van der Waals surface area contributed by atoms with Crippen LogP contribution in [0.3, 0.4) is 0 Å². The SMILES string of the molecule is O=C(NC12CC3CC(CC(C3)C1)C2)OCC1CCCN1. The van der Waals surface area contributed by atoms with Gasteiger partial charge in [0.25, 0.3) is 0 Å². The Kier molecular flexibility index (Phi) is 3.17. The highest BCUT2D eigenvalue weighted by Crippen LogP contribution is 2.55. The van der Waals surface area contributed by atoms with Crippen molar-refractivity contribution in [2.45, 2.75) is 62.9 Å².